The number of carbonyl (C=O) groups is 1. The van der Waals surface area contributed by atoms with E-state index in [1.807, 2.05) is 12.1 Å². The number of nitrogen functional groups attached to an aromatic ring is 1. The van der Waals surface area contributed by atoms with Gasteiger partial charge in [-0.3, -0.25) is 4.79 Å². The van der Waals surface area contributed by atoms with Gasteiger partial charge in [0.15, 0.2) is 5.78 Å². The van der Waals surface area contributed by atoms with Gasteiger partial charge in [0.2, 0.25) is 0 Å². The minimum Gasteiger partial charge on any atom is -0.399 e. The Labute approximate surface area is 88.5 Å². The molecule has 0 heterocycles. The summed E-state index contributed by atoms with van der Waals surface area (Å²) < 4.78 is 5.21. The van der Waals surface area contributed by atoms with Gasteiger partial charge in [-0.2, -0.15) is 0 Å². The van der Waals surface area contributed by atoms with Crippen molar-refractivity contribution in [3.63, 3.8) is 0 Å². The fourth-order valence-corrected chi connectivity index (χ4v) is 1.89. The van der Waals surface area contributed by atoms with Crippen LogP contribution in [0.2, 0.25) is 0 Å². The summed E-state index contributed by atoms with van der Waals surface area (Å²) in [5.41, 5.74) is 7.77. The minimum atomic E-state index is -0.205. The van der Waals surface area contributed by atoms with Crippen LogP contribution in [0.25, 0.3) is 0 Å². The number of nitrogens with two attached hydrogens (primary N) is 1. The molecule has 1 aromatic rings. The van der Waals surface area contributed by atoms with Crippen LogP contribution in [-0.4, -0.2) is 19.0 Å². The maximum Gasteiger partial charge on any atom is 0.171 e. The summed E-state index contributed by atoms with van der Waals surface area (Å²) in [6.45, 7) is 3.69. The number of anilines is 1. The van der Waals surface area contributed by atoms with E-state index in [0.29, 0.717) is 11.3 Å². The molecule has 78 valence electrons. The van der Waals surface area contributed by atoms with Crippen LogP contribution in [0.3, 0.4) is 0 Å². The van der Waals surface area contributed by atoms with Gasteiger partial charge in [-0.25, -0.2) is 0 Å². The van der Waals surface area contributed by atoms with Crippen molar-refractivity contribution in [1.29, 1.82) is 0 Å². The van der Waals surface area contributed by atoms with Gasteiger partial charge >= 0.3 is 0 Å². The van der Waals surface area contributed by atoms with E-state index < -0.39 is 0 Å². The maximum absolute atomic E-state index is 11.6. The molecule has 1 saturated carbocycles. The summed E-state index contributed by atoms with van der Waals surface area (Å²) in [5, 5.41) is 0. The molecule has 0 aromatic heterocycles. The Bertz CT molecular complexity index is 408. The van der Waals surface area contributed by atoms with Crippen LogP contribution in [0.15, 0.2) is 36.4 Å². The van der Waals surface area contributed by atoms with E-state index in [4.69, 9.17) is 10.5 Å². The highest BCUT2D eigenvalue weighted by Crippen LogP contribution is 2.39. The molecule has 0 spiro atoms. The fourth-order valence-electron chi connectivity index (χ4n) is 1.89. The Kier molecular flexibility index (Phi) is 2.32. The Morgan fingerprint density at radius 3 is 2.47 bits per heavy atom. The molecule has 0 aliphatic heterocycles. The third-order valence-corrected chi connectivity index (χ3v) is 2.79. The first kappa shape index (κ1) is 9.93. The molecule has 0 amide bonds. The summed E-state index contributed by atoms with van der Waals surface area (Å²) in [6, 6.07) is 7.29. The lowest BCUT2D eigenvalue weighted by Crippen LogP contribution is -2.43. The Balaban J connectivity index is 2.28. The molecule has 0 saturated heterocycles. The highest BCUT2D eigenvalue weighted by Gasteiger charge is 2.44. The summed E-state index contributed by atoms with van der Waals surface area (Å²) in [5.74, 6) is -0.144. The van der Waals surface area contributed by atoms with E-state index in [2.05, 4.69) is 6.58 Å². The van der Waals surface area contributed by atoms with Gasteiger partial charge in [0.05, 0.1) is 12.0 Å². The van der Waals surface area contributed by atoms with Crippen LogP contribution in [0.1, 0.15) is 11.5 Å². The molecule has 1 aromatic carbocycles. The second kappa shape index (κ2) is 3.51. The largest absolute Gasteiger partial charge is 0.399 e. The fraction of sp³-hybridized carbons (Fsp3) is 0.250. The van der Waals surface area contributed by atoms with Gasteiger partial charge in [-0.1, -0.05) is 18.7 Å². The molecule has 2 N–H and O–H groups in total. The van der Waals surface area contributed by atoms with E-state index in [1.165, 1.54) is 0 Å². The molecule has 1 aliphatic carbocycles. The first-order valence-electron chi connectivity index (χ1n) is 4.76. The predicted molar refractivity (Wildman–Crippen MR) is 58.5 cm³/mol. The van der Waals surface area contributed by atoms with Crippen molar-refractivity contribution >= 4 is 11.5 Å². The normalized spacial score (nSPS) is 25.1. The van der Waals surface area contributed by atoms with Crippen molar-refractivity contribution < 1.29 is 9.53 Å². The van der Waals surface area contributed by atoms with Crippen molar-refractivity contribution in [2.45, 2.75) is 12.0 Å². The highest BCUT2D eigenvalue weighted by molar-refractivity contribution is 6.08. The van der Waals surface area contributed by atoms with Crippen molar-refractivity contribution in [2.24, 2.45) is 0 Å². The number of Topliss-reactive ketones (excluding diaryl/α,β-unsaturated/α-hetero) is 1. The molecular weight excluding hydrogens is 190 g/mol. The average Bonchev–Trinajstić information content (AvgIpc) is 2.26. The molecule has 0 radical (unpaired) electrons. The maximum atomic E-state index is 11.6. The lowest BCUT2D eigenvalue weighted by Gasteiger charge is -2.36. The number of ketones is 1. The van der Waals surface area contributed by atoms with Crippen LogP contribution in [-0.2, 0) is 9.53 Å². The molecule has 3 heteroatoms. The summed E-state index contributed by atoms with van der Waals surface area (Å²) in [4.78, 5) is 11.6. The van der Waals surface area contributed by atoms with Gasteiger partial charge < -0.3 is 10.5 Å². The van der Waals surface area contributed by atoms with Crippen molar-refractivity contribution in [3.05, 3.63) is 42.0 Å². The number of benzene rings is 1. The van der Waals surface area contributed by atoms with E-state index in [9.17, 15) is 4.79 Å². The SMILES string of the molecule is C=C1C(=O)C(c2ccc(N)cc2)C1OC. The van der Waals surface area contributed by atoms with Crippen molar-refractivity contribution in [1.82, 2.24) is 0 Å². The van der Waals surface area contributed by atoms with E-state index >= 15 is 0 Å². The van der Waals surface area contributed by atoms with Gasteiger partial charge in [0.25, 0.3) is 0 Å². The lowest BCUT2D eigenvalue weighted by molar-refractivity contribution is -0.127. The second-order valence-electron chi connectivity index (χ2n) is 3.69. The zero-order valence-corrected chi connectivity index (χ0v) is 8.57. The Morgan fingerprint density at radius 2 is 1.93 bits per heavy atom. The molecule has 3 nitrogen and oxygen atoms in total. The van der Waals surface area contributed by atoms with Crippen LogP contribution in [0.5, 0.6) is 0 Å². The van der Waals surface area contributed by atoms with E-state index in [1.54, 1.807) is 19.2 Å². The summed E-state index contributed by atoms with van der Waals surface area (Å²) in [6.07, 6.45) is -0.180. The third-order valence-electron chi connectivity index (χ3n) is 2.79. The van der Waals surface area contributed by atoms with Crippen molar-refractivity contribution in [3.8, 4) is 0 Å². The topological polar surface area (TPSA) is 52.3 Å². The first-order valence-corrected chi connectivity index (χ1v) is 4.76. The van der Waals surface area contributed by atoms with E-state index in [0.717, 1.165) is 5.56 Å². The zero-order valence-electron chi connectivity index (χ0n) is 8.57. The Hall–Kier alpha value is -1.61. The minimum absolute atomic E-state index is 0.0617. The molecule has 2 unspecified atom stereocenters. The van der Waals surface area contributed by atoms with Crippen LogP contribution in [0, 0.1) is 0 Å². The molecule has 1 fully saturated rings. The quantitative estimate of drug-likeness (QED) is 0.585. The third kappa shape index (κ3) is 1.45. The summed E-state index contributed by atoms with van der Waals surface area (Å²) in [7, 11) is 1.59. The molecule has 2 rings (SSSR count). The predicted octanol–water partition coefficient (Wildman–Crippen LogP) is 1.51. The number of carbonyl (C=O) groups excluding carboxylic acids is 1. The van der Waals surface area contributed by atoms with Gasteiger partial charge in [0.1, 0.15) is 0 Å². The molecule has 1 aliphatic rings. The molecule has 15 heavy (non-hydrogen) atoms. The zero-order chi connectivity index (χ0) is 11.0. The number of methoxy groups -OCH3 is 1. The van der Waals surface area contributed by atoms with E-state index in [-0.39, 0.29) is 17.8 Å². The number of ether oxygens (including phenoxy) is 1. The van der Waals surface area contributed by atoms with Gasteiger partial charge in [-0.05, 0) is 17.7 Å². The van der Waals surface area contributed by atoms with Crippen LogP contribution < -0.4 is 5.73 Å². The van der Waals surface area contributed by atoms with Gasteiger partial charge in [-0.15, -0.1) is 0 Å². The Morgan fingerprint density at radius 1 is 1.33 bits per heavy atom. The monoisotopic (exact) mass is 203 g/mol. The average molecular weight is 203 g/mol. The van der Waals surface area contributed by atoms with Crippen LogP contribution >= 0.6 is 0 Å². The number of rotatable bonds is 2. The molecule has 2 atom stereocenters. The van der Waals surface area contributed by atoms with Gasteiger partial charge in [0, 0.05) is 18.4 Å². The summed E-state index contributed by atoms with van der Waals surface area (Å²) >= 11 is 0. The van der Waals surface area contributed by atoms with Crippen LogP contribution in [0.4, 0.5) is 5.69 Å². The second-order valence-corrected chi connectivity index (χ2v) is 3.69. The molecule has 0 bridgehead atoms. The lowest BCUT2D eigenvalue weighted by atomic mass is 9.72. The smallest absolute Gasteiger partial charge is 0.171 e. The first-order chi connectivity index (χ1) is 7.15. The standard InChI is InChI=1S/C12H13NO2/c1-7-11(14)10(12(7)15-2)8-3-5-9(13)6-4-8/h3-6,10,12H,1,13H2,2H3. The molecular formula is C12H13NO2. The number of hydrogen-bond acceptors (Lipinski definition) is 3. The highest BCUT2D eigenvalue weighted by atomic mass is 16.5. The van der Waals surface area contributed by atoms with Crippen molar-refractivity contribution in [2.75, 3.05) is 12.8 Å². The number of hydrogen-bond donors (Lipinski definition) is 1.